The lowest BCUT2D eigenvalue weighted by Gasteiger charge is -2.29. The van der Waals surface area contributed by atoms with Crippen molar-refractivity contribution in [2.75, 3.05) is 31.4 Å². The van der Waals surface area contributed by atoms with Gasteiger partial charge in [-0.05, 0) is 37.7 Å². The molecule has 20 heavy (non-hydrogen) atoms. The minimum atomic E-state index is -0.874. The third kappa shape index (κ3) is 3.46. The molecular weight excluding hydrogens is 274 g/mol. The molecule has 0 aromatic heterocycles. The number of carboxylic acids is 1. The Labute approximate surface area is 124 Å². The fourth-order valence-electron chi connectivity index (χ4n) is 2.58. The SMILES string of the molecule is CSc1cccc(N(C)CC2CCCCO2)c1C(=O)O. The average molecular weight is 295 g/mol. The van der Waals surface area contributed by atoms with E-state index in [1.807, 2.05) is 36.4 Å². The van der Waals surface area contributed by atoms with Gasteiger partial charge in [0.15, 0.2) is 0 Å². The molecule has 2 rings (SSSR count). The number of likely N-dealkylation sites (N-methyl/N-ethyl adjacent to an activating group) is 1. The van der Waals surface area contributed by atoms with Crippen LogP contribution in [0.2, 0.25) is 0 Å². The van der Waals surface area contributed by atoms with Crippen LogP contribution in [0.15, 0.2) is 23.1 Å². The number of hydrogen-bond donors (Lipinski definition) is 1. The first kappa shape index (κ1) is 15.2. The monoisotopic (exact) mass is 295 g/mol. The predicted octanol–water partition coefficient (Wildman–Crippen LogP) is 3.11. The number of ether oxygens (including phenoxy) is 1. The van der Waals surface area contributed by atoms with E-state index in [2.05, 4.69) is 0 Å². The van der Waals surface area contributed by atoms with Crippen molar-refractivity contribution in [3.8, 4) is 0 Å². The maximum atomic E-state index is 11.5. The van der Waals surface area contributed by atoms with Crippen molar-refractivity contribution in [2.45, 2.75) is 30.3 Å². The molecular formula is C15H21NO3S. The molecule has 110 valence electrons. The van der Waals surface area contributed by atoms with E-state index in [1.165, 1.54) is 18.2 Å². The summed E-state index contributed by atoms with van der Waals surface area (Å²) >= 11 is 1.46. The lowest BCUT2D eigenvalue weighted by Crippen LogP contribution is -2.34. The van der Waals surface area contributed by atoms with Gasteiger partial charge in [-0.15, -0.1) is 11.8 Å². The Morgan fingerprint density at radius 2 is 2.30 bits per heavy atom. The fourth-order valence-corrected chi connectivity index (χ4v) is 3.19. The lowest BCUT2D eigenvalue weighted by molar-refractivity contribution is 0.0215. The Morgan fingerprint density at radius 3 is 2.90 bits per heavy atom. The molecule has 1 heterocycles. The summed E-state index contributed by atoms with van der Waals surface area (Å²) in [7, 11) is 1.93. The summed E-state index contributed by atoms with van der Waals surface area (Å²) in [6, 6.07) is 5.63. The standard InChI is InChI=1S/C15H21NO3S/c1-16(10-11-6-3-4-9-19-11)12-7-5-8-13(20-2)14(12)15(17)18/h5,7-8,11H,3-4,6,9-10H2,1-2H3,(H,17,18). The molecule has 1 unspecified atom stereocenters. The second-order valence-corrected chi connectivity index (χ2v) is 5.88. The first-order valence-corrected chi connectivity index (χ1v) is 8.09. The van der Waals surface area contributed by atoms with Gasteiger partial charge < -0.3 is 14.7 Å². The summed E-state index contributed by atoms with van der Waals surface area (Å²) in [5, 5.41) is 9.46. The highest BCUT2D eigenvalue weighted by Crippen LogP contribution is 2.30. The Kier molecular flexibility index (Phi) is 5.31. The number of benzene rings is 1. The molecule has 1 aliphatic rings. The van der Waals surface area contributed by atoms with Gasteiger partial charge in [-0.1, -0.05) is 6.07 Å². The van der Waals surface area contributed by atoms with Crippen LogP contribution in [0.4, 0.5) is 5.69 Å². The normalized spacial score (nSPS) is 18.8. The molecule has 1 N–H and O–H groups in total. The molecule has 1 atom stereocenters. The molecule has 1 aliphatic heterocycles. The van der Waals surface area contributed by atoms with Crippen LogP contribution in [0.25, 0.3) is 0 Å². The Balaban J connectivity index is 2.19. The maximum absolute atomic E-state index is 11.5. The number of thioether (sulfide) groups is 1. The van der Waals surface area contributed by atoms with Gasteiger partial charge in [-0.25, -0.2) is 4.79 Å². The summed E-state index contributed by atoms with van der Waals surface area (Å²) in [6.07, 6.45) is 5.47. The molecule has 0 spiro atoms. The van der Waals surface area contributed by atoms with Crippen LogP contribution in [0.5, 0.6) is 0 Å². The number of hydrogen-bond acceptors (Lipinski definition) is 4. The molecule has 4 nitrogen and oxygen atoms in total. The van der Waals surface area contributed by atoms with Crippen LogP contribution < -0.4 is 4.90 Å². The highest BCUT2D eigenvalue weighted by Gasteiger charge is 2.21. The van der Waals surface area contributed by atoms with E-state index in [0.717, 1.165) is 36.6 Å². The molecule has 0 amide bonds. The number of carboxylic acid groups (broad SMARTS) is 1. The highest BCUT2D eigenvalue weighted by molar-refractivity contribution is 7.98. The van der Waals surface area contributed by atoms with Gasteiger partial charge in [0, 0.05) is 25.1 Å². The van der Waals surface area contributed by atoms with Gasteiger partial charge in [-0.2, -0.15) is 0 Å². The van der Waals surface area contributed by atoms with Gasteiger partial charge in [0.05, 0.1) is 17.4 Å². The topological polar surface area (TPSA) is 49.8 Å². The molecule has 1 aromatic carbocycles. The minimum Gasteiger partial charge on any atom is -0.478 e. The molecule has 5 heteroatoms. The predicted molar refractivity (Wildman–Crippen MR) is 82.0 cm³/mol. The molecule has 0 aliphatic carbocycles. The second-order valence-electron chi connectivity index (χ2n) is 5.03. The van der Waals surface area contributed by atoms with Crippen molar-refractivity contribution in [3.63, 3.8) is 0 Å². The summed E-state index contributed by atoms with van der Waals surface area (Å²) in [6.45, 7) is 1.55. The number of rotatable bonds is 5. The number of nitrogens with zero attached hydrogens (tertiary/aromatic N) is 1. The third-order valence-corrected chi connectivity index (χ3v) is 4.38. The first-order chi connectivity index (χ1) is 9.63. The van der Waals surface area contributed by atoms with E-state index >= 15 is 0 Å². The summed E-state index contributed by atoms with van der Waals surface area (Å²) in [4.78, 5) is 14.3. The smallest absolute Gasteiger partial charge is 0.338 e. The maximum Gasteiger partial charge on any atom is 0.338 e. The summed E-state index contributed by atoms with van der Waals surface area (Å²) < 4.78 is 5.73. The van der Waals surface area contributed by atoms with Crippen molar-refractivity contribution in [1.82, 2.24) is 0 Å². The lowest BCUT2D eigenvalue weighted by atomic mass is 10.1. The zero-order valence-electron chi connectivity index (χ0n) is 12.0. The van der Waals surface area contributed by atoms with Crippen LogP contribution in [-0.4, -0.2) is 43.6 Å². The van der Waals surface area contributed by atoms with Crippen molar-refractivity contribution < 1.29 is 14.6 Å². The van der Waals surface area contributed by atoms with Crippen LogP contribution in [0.1, 0.15) is 29.6 Å². The van der Waals surface area contributed by atoms with Crippen LogP contribution in [-0.2, 0) is 4.74 Å². The number of anilines is 1. The van der Waals surface area contributed by atoms with Gasteiger partial charge in [0.25, 0.3) is 0 Å². The second kappa shape index (κ2) is 6.99. The quantitative estimate of drug-likeness (QED) is 0.846. The molecule has 0 radical (unpaired) electrons. The molecule has 1 aromatic rings. The van der Waals surface area contributed by atoms with Gasteiger partial charge in [0.2, 0.25) is 0 Å². The summed E-state index contributed by atoms with van der Waals surface area (Å²) in [5.41, 5.74) is 1.15. The van der Waals surface area contributed by atoms with Crippen molar-refractivity contribution in [1.29, 1.82) is 0 Å². The highest BCUT2D eigenvalue weighted by atomic mass is 32.2. The van der Waals surface area contributed by atoms with Gasteiger partial charge in [-0.3, -0.25) is 0 Å². The number of aromatic carboxylic acids is 1. The fraction of sp³-hybridized carbons (Fsp3) is 0.533. The van der Waals surface area contributed by atoms with Crippen LogP contribution in [0.3, 0.4) is 0 Å². The molecule has 1 fully saturated rings. The molecule has 0 bridgehead atoms. The third-order valence-electron chi connectivity index (χ3n) is 3.60. The van der Waals surface area contributed by atoms with E-state index in [9.17, 15) is 9.90 Å². The zero-order valence-corrected chi connectivity index (χ0v) is 12.8. The average Bonchev–Trinajstić information content (AvgIpc) is 2.47. The van der Waals surface area contributed by atoms with Crippen molar-refractivity contribution in [2.24, 2.45) is 0 Å². The molecule has 1 saturated heterocycles. The Morgan fingerprint density at radius 1 is 1.50 bits per heavy atom. The van der Waals surface area contributed by atoms with E-state index in [-0.39, 0.29) is 6.10 Å². The molecule has 0 saturated carbocycles. The van der Waals surface area contributed by atoms with E-state index < -0.39 is 5.97 Å². The Hall–Kier alpha value is -1.20. The summed E-state index contributed by atoms with van der Waals surface area (Å²) in [5.74, 6) is -0.874. The van der Waals surface area contributed by atoms with Gasteiger partial charge >= 0.3 is 5.97 Å². The zero-order chi connectivity index (χ0) is 14.5. The minimum absolute atomic E-state index is 0.202. The van der Waals surface area contributed by atoms with E-state index in [4.69, 9.17) is 4.74 Å². The van der Waals surface area contributed by atoms with Gasteiger partial charge in [0.1, 0.15) is 0 Å². The van der Waals surface area contributed by atoms with E-state index in [0.29, 0.717) is 5.56 Å². The van der Waals surface area contributed by atoms with E-state index in [1.54, 1.807) is 0 Å². The largest absolute Gasteiger partial charge is 0.478 e. The van der Waals surface area contributed by atoms with Crippen LogP contribution >= 0.6 is 11.8 Å². The Bertz CT molecular complexity index is 472. The van der Waals surface area contributed by atoms with Crippen molar-refractivity contribution >= 4 is 23.4 Å². The number of carbonyl (C=O) groups is 1. The first-order valence-electron chi connectivity index (χ1n) is 6.86. The van der Waals surface area contributed by atoms with Crippen molar-refractivity contribution in [3.05, 3.63) is 23.8 Å². The van der Waals surface area contributed by atoms with Crippen LogP contribution in [0, 0.1) is 0 Å².